The molecule has 0 spiro atoms. The van der Waals surface area contributed by atoms with Crippen LogP contribution in [0.15, 0.2) is 36.5 Å². The Labute approximate surface area is 86.8 Å². The molecule has 2 aromatic rings. The second-order valence-corrected chi connectivity index (χ2v) is 3.25. The summed E-state index contributed by atoms with van der Waals surface area (Å²) in [6.07, 6.45) is 1.72. The van der Waals surface area contributed by atoms with Crippen LogP contribution in [0.25, 0.3) is 0 Å². The van der Waals surface area contributed by atoms with Gasteiger partial charge in [0.2, 0.25) is 0 Å². The van der Waals surface area contributed by atoms with Crippen molar-refractivity contribution in [3.63, 3.8) is 0 Å². The van der Waals surface area contributed by atoms with Crippen molar-refractivity contribution >= 4 is 0 Å². The molecule has 0 aliphatic rings. The first-order valence-electron chi connectivity index (χ1n) is 4.66. The van der Waals surface area contributed by atoms with Gasteiger partial charge in [0.15, 0.2) is 0 Å². The fraction of sp³-hybridized carbons (Fsp3) is 0.182. The molecule has 0 radical (unpaired) electrons. The summed E-state index contributed by atoms with van der Waals surface area (Å²) in [4.78, 5) is 0. The zero-order chi connectivity index (χ0) is 10.7. The van der Waals surface area contributed by atoms with E-state index in [1.165, 1.54) is 6.07 Å². The number of aromatic nitrogens is 2. The Morgan fingerprint density at radius 1 is 1.27 bits per heavy atom. The Bertz CT molecular complexity index is 453. The van der Waals surface area contributed by atoms with Gasteiger partial charge in [0.05, 0.1) is 18.8 Å². The topological polar surface area (TPSA) is 38.0 Å². The van der Waals surface area contributed by atoms with Gasteiger partial charge in [-0.2, -0.15) is 5.10 Å². The van der Waals surface area contributed by atoms with E-state index in [2.05, 4.69) is 5.10 Å². The molecule has 0 amide bonds. The largest absolute Gasteiger partial charge is 0.390 e. The predicted molar refractivity (Wildman–Crippen MR) is 53.7 cm³/mol. The lowest BCUT2D eigenvalue weighted by Crippen LogP contribution is -2.03. The SMILES string of the molecule is OCc1ccn(Cc2ccccc2F)n1. The van der Waals surface area contributed by atoms with Crippen LogP contribution in [0.5, 0.6) is 0 Å². The first-order chi connectivity index (χ1) is 7.29. The highest BCUT2D eigenvalue weighted by Gasteiger charge is 2.02. The molecule has 15 heavy (non-hydrogen) atoms. The molecule has 3 nitrogen and oxygen atoms in total. The summed E-state index contributed by atoms with van der Waals surface area (Å²) in [6.45, 7) is 0.289. The summed E-state index contributed by atoms with van der Waals surface area (Å²) >= 11 is 0. The molecule has 78 valence electrons. The maximum Gasteiger partial charge on any atom is 0.128 e. The standard InChI is InChI=1S/C11H11FN2O/c12-11-4-2-1-3-9(11)7-14-6-5-10(8-15)13-14/h1-6,15H,7-8H2. The van der Waals surface area contributed by atoms with Crippen molar-refractivity contribution in [2.45, 2.75) is 13.2 Å². The Hall–Kier alpha value is -1.68. The summed E-state index contributed by atoms with van der Waals surface area (Å²) in [5.41, 5.74) is 1.18. The lowest BCUT2D eigenvalue weighted by molar-refractivity contribution is 0.275. The minimum Gasteiger partial charge on any atom is -0.390 e. The van der Waals surface area contributed by atoms with Gasteiger partial charge in [-0.25, -0.2) is 4.39 Å². The first-order valence-corrected chi connectivity index (χ1v) is 4.66. The summed E-state index contributed by atoms with van der Waals surface area (Å²) in [5, 5.41) is 12.9. The van der Waals surface area contributed by atoms with Gasteiger partial charge in [0.25, 0.3) is 0 Å². The van der Waals surface area contributed by atoms with Crippen LogP contribution in [0.4, 0.5) is 4.39 Å². The van der Waals surface area contributed by atoms with Crippen molar-refractivity contribution < 1.29 is 9.50 Å². The number of hydrogen-bond donors (Lipinski definition) is 1. The zero-order valence-corrected chi connectivity index (χ0v) is 8.10. The molecule has 0 saturated carbocycles. The number of aliphatic hydroxyl groups is 1. The Kier molecular flexibility index (Phi) is 2.78. The fourth-order valence-electron chi connectivity index (χ4n) is 1.38. The first kappa shape index (κ1) is 9.86. The molecule has 0 fully saturated rings. The van der Waals surface area contributed by atoms with Gasteiger partial charge >= 0.3 is 0 Å². The molecule has 0 aliphatic carbocycles. The minimum absolute atomic E-state index is 0.0930. The zero-order valence-electron chi connectivity index (χ0n) is 8.10. The van der Waals surface area contributed by atoms with Crippen LogP contribution in [0, 0.1) is 5.82 Å². The molecule has 0 bridgehead atoms. The third kappa shape index (κ3) is 2.22. The third-order valence-corrected chi connectivity index (χ3v) is 2.15. The van der Waals surface area contributed by atoms with Crippen molar-refractivity contribution in [3.8, 4) is 0 Å². The summed E-state index contributed by atoms with van der Waals surface area (Å²) < 4.78 is 14.9. The van der Waals surface area contributed by atoms with Crippen molar-refractivity contribution in [2.24, 2.45) is 0 Å². The fourth-order valence-corrected chi connectivity index (χ4v) is 1.38. The van der Waals surface area contributed by atoms with Crippen LogP contribution in [0.1, 0.15) is 11.3 Å². The van der Waals surface area contributed by atoms with E-state index in [-0.39, 0.29) is 12.4 Å². The van der Waals surface area contributed by atoms with E-state index < -0.39 is 0 Å². The molecule has 0 atom stereocenters. The molecule has 1 heterocycles. The molecule has 0 aliphatic heterocycles. The minimum atomic E-state index is -0.237. The lowest BCUT2D eigenvalue weighted by atomic mass is 10.2. The number of aliphatic hydroxyl groups excluding tert-OH is 1. The van der Waals surface area contributed by atoms with Crippen LogP contribution in [0.2, 0.25) is 0 Å². The molecule has 4 heteroatoms. The molecule has 1 aromatic carbocycles. The highest BCUT2D eigenvalue weighted by Crippen LogP contribution is 2.08. The normalized spacial score (nSPS) is 10.5. The van der Waals surface area contributed by atoms with Crippen molar-refractivity contribution in [2.75, 3.05) is 0 Å². The van der Waals surface area contributed by atoms with Gasteiger partial charge in [-0.05, 0) is 12.1 Å². The highest BCUT2D eigenvalue weighted by atomic mass is 19.1. The van der Waals surface area contributed by atoms with Crippen molar-refractivity contribution in [1.82, 2.24) is 9.78 Å². The van der Waals surface area contributed by atoms with E-state index in [4.69, 9.17) is 5.11 Å². The van der Waals surface area contributed by atoms with E-state index >= 15 is 0 Å². The van der Waals surface area contributed by atoms with Gasteiger partial charge in [-0.1, -0.05) is 18.2 Å². The number of benzene rings is 1. The van der Waals surface area contributed by atoms with Crippen molar-refractivity contribution in [3.05, 3.63) is 53.6 Å². The van der Waals surface area contributed by atoms with Gasteiger partial charge < -0.3 is 5.11 Å². The Morgan fingerprint density at radius 2 is 2.07 bits per heavy atom. The van der Waals surface area contributed by atoms with Crippen molar-refractivity contribution in [1.29, 1.82) is 0 Å². The number of hydrogen-bond acceptors (Lipinski definition) is 2. The Morgan fingerprint density at radius 3 is 2.73 bits per heavy atom. The monoisotopic (exact) mass is 206 g/mol. The molecule has 2 rings (SSSR count). The van der Waals surface area contributed by atoms with E-state index in [0.29, 0.717) is 17.8 Å². The number of rotatable bonds is 3. The van der Waals surface area contributed by atoms with E-state index in [1.54, 1.807) is 35.1 Å². The maximum absolute atomic E-state index is 13.3. The highest BCUT2D eigenvalue weighted by molar-refractivity contribution is 5.17. The van der Waals surface area contributed by atoms with Gasteiger partial charge in [-0.15, -0.1) is 0 Å². The van der Waals surface area contributed by atoms with Gasteiger partial charge in [-0.3, -0.25) is 4.68 Å². The summed E-state index contributed by atoms with van der Waals surface area (Å²) in [6, 6.07) is 8.29. The van der Waals surface area contributed by atoms with Crippen LogP contribution in [0.3, 0.4) is 0 Å². The second-order valence-electron chi connectivity index (χ2n) is 3.25. The average molecular weight is 206 g/mol. The van der Waals surface area contributed by atoms with Crippen LogP contribution in [-0.4, -0.2) is 14.9 Å². The van der Waals surface area contributed by atoms with Gasteiger partial charge in [0.1, 0.15) is 5.82 Å². The quantitative estimate of drug-likeness (QED) is 0.827. The summed E-state index contributed by atoms with van der Waals surface area (Å²) in [7, 11) is 0. The van der Waals surface area contributed by atoms with Crippen LogP contribution < -0.4 is 0 Å². The Balaban J connectivity index is 2.18. The summed E-state index contributed by atoms with van der Waals surface area (Å²) in [5.74, 6) is -0.237. The van der Waals surface area contributed by atoms with E-state index in [9.17, 15) is 4.39 Å². The van der Waals surface area contributed by atoms with Crippen LogP contribution in [-0.2, 0) is 13.2 Å². The maximum atomic E-state index is 13.3. The molecule has 0 unspecified atom stereocenters. The van der Waals surface area contributed by atoms with E-state index in [1.807, 2.05) is 0 Å². The molecular formula is C11H11FN2O. The molecule has 0 saturated heterocycles. The van der Waals surface area contributed by atoms with E-state index in [0.717, 1.165) is 0 Å². The van der Waals surface area contributed by atoms with Crippen LogP contribution >= 0.6 is 0 Å². The lowest BCUT2D eigenvalue weighted by Gasteiger charge is -2.02. The molecule has 1 aromatic heterocycles. The van der Waals surface area contributed by atoms with Gasteiger partial charge in [0, 0.05) is 11.8 Å². The smallest absolute Gasteiger partial charge is 0.128 e. The molecular weight excluding hydrogens is 195 g/mol. The third-order valence-electron chi connectivity index (χ3n) is 2.15. The number of nitrogens with zero attached hydrogens (tertiary/aromatic N) is 2. The number of halogens is 1. The predicted octanol–water partition coefficient (Wildman–Crippen LogP) is 1.56. The average Bonchev–Trinajstić information content (AvgIpc) is 2.69. The molecule has 1 N–H and O–H groups in total. The second kappa shape index (κ2) is 4.23.